The van der Waals surface area contributed by atoms with E-state index in [1.807, 2.05) is 0 Å². The van der Waals surface area contributed by atoms with Crippen molar-refractivity contribution in [3.05, 3.63) is 34.1 Å². The van der Waals surface area contributed by atoms with Crippen LogP contribution in [0.15, 0.2) is 21.1 Å². The summed E-state index contributed by atoms with van der Waals surface area (Å²) >= 11 is 2.95. The first-order valence-corrected chi connectivity index (χ1v) is 4.99. The number of nitrogens with zero attached hydrogens (tertiary/aromatic N) is 2. The fraction of sp³-hybridized carbons (Fsp3) is 0.111. The van der Waals surface area contributed by atoms with Gasteiger partial charge in [-0.25, -0.2) is 8.78 Å². The maximum Gasteiger partial charge on any atom is 0.263 e. The lowest BCUT2D eigenvalue weighted by Gasteiger charge is -2.00. The van der Waals surface area contributed by atoms with Crippen LogP contribution in [0.1, 0.15) is 5.82 Å². The SMILES string of the molecule is OCc1noc(-c2c(F)cc(Br)cc2F)n1. The molecule has 1 aromatic carbocycles. The van der Waals surface area contributed by atoms with Crippen molar-refractivity contribution in [2.24, 2.45) is 0 Å². The molecule has 1 N–H and O–H groups in total. The number of hydrogen-bond acceptors (Lipinski definition) is 4. The number of aromatic nitrogens is 2. The van der Waals surface area contributed by atoms with Gasteiger partial charge < -0.3 is 9.63 Å². The number of halogens is 3. The molecule has 0 saturated carbocycles. The van der Waals surface area contributed by atoms with Gasteiger partial charge in [-0.1, -0.05) is 21.1 Å². The summed E-state index contributed by atoms with van der Waals surface area (Å²) in [6.07, 6.45) is 0. The van der Waals surface area contributed by atoms with E-state index in [0.717, 1.165) is 12.1 Å². The first-order valence-electron chi connectivity index (χ1n) is 4.20. The Morgan fingerprint density at radius 1 is 1.31 bits per heavy atom. The fourth-order valence-corrected chi connectivity index (χ4v) is 1.57. The van der Waals surface area contributed by atoms with Crippen LogP contribution in [0, 0.1) is 11.6 Å². The van der Waals surface area contributed by atoms with Crippen molar-refractivity contribution in [3.8, 4) is 11.5 Å². The Morgan fingerprint density at radius 2 is 1.94 bits per heavy atom. The summed E-state index contributed by atoms with van der Waals surface area (Å²) in [5, 5.41) is 12.0. The molecule has 2 aromatic rings. The quantitative estimate of drug-likeness (QED) is 0.922. The second-order valence-corrected chi connectivity index (χ2v) is 3.83. The molecule has 0 aliphatic rings. The van der Waals surface area contributed by atoms with Crippen LogP contribution >= 0.6 is 15.9 Å². The summed E-state index contributed by atoms with van der Waals surface area (Å²) in [5.41, 5.74) is -0.407. The minimum atomic E-state index is -0.819. The molecule has 1 heterocycles. The molecule has 16 heavy (non-hydrogen) atoms. The minimum absolute atomic E-state index is 0.0308. The van der Waals surface area contributed by atoms with Gasteiger partial charge in [0, 0.05) is 4.47 Å². The van der Waals surface area contributed by atoms with Crippen LogP contribution in [0.4, 0.5) is 8.78 Å². The molecule has 0 aliphatic heterocycles. The van der Waals surface area contributed by atoms with Crippen LogP contribution in [0.3, 0.4) is 0 Å². The number of aliphatic hydroxyl groups is 1. The van der Waals surface area contributed by atoms with Crippen LogP contribution in [0.5, 0.6) is 0 Å². The van der Waals surface area contributed by atoms with E-state index in [0.29, 0.717) is 0 Å². The molecule has 2 rings (SSSR count). The molecular weight excluding hydrogens is 286 g/mol. The maximum absolute atomic E-state index is 13.4. The van der Waals surface area contributed by atoms with Gasteiger partial charge in [-0.15, -0.1) is 0 Å². The summed E-state index contributed by atoms with van der Waals surface area (Å²) in [7, 11) is 0. The Balaban J connectivity index is 2.55. The molecule has 7 heteroatoms. The fourth-order valence-electron chi connectivity index (χ4n) is 1.17. The molecule has 0 bridgehead atoms. The highest BCUT2D eigenvalue weighted by molar-refractivity contribution is 9.10. The molecule has 0 amide bonds. The normalized spacial score (nSPS) is 10.8. The van der Waals surface area contributed by atoms with E-state index in [9.17, 15) is 8.78 Å². The molecule has 0 unspecified atom stereocenters. The molecule has 0 atom stereocenters. The maximum atomic E-state index is 13.4. The van der Waals surface area contributed by atoms with Gasteiger partial charge in [0.05, 0.1) is 0 Å². The third kappa shape index (κ3) is 1.96. The highest BCUT2D eigenvalue weighted by Crippen LogP contribution is 2.27. The Labute approximate surface area is 97.0 Å². The molecule has 0 saturated heterocycles. The Bertz CT molecular complexity index is 507. The average Bonchev–Trinajstić information content (AvgIpc) is 2.64. The van der Waals surface area contributed by atoms with Gasteiger partial charge in [0.1, 0.15) is 23.8 Å². The van der Waals surface area contributed by atoms with Crippen LogP contribution in [0.25, 0.3) is 11.5 Å². The third-order valence-electron chi connectivity index (χ3n) is 1.83. The molecule has 1 aromatic heterocycles. The van der Waals surface area contributed by atoms with E-state index >= 15 is 0 Å². The standard InChI is InChI=1S/C9H5BrF2N2O2/c10-4-1-5(11)8(6(12)2-4)9-13-7(3-15)14-16-9/h1-2,15H,3H2. The van der Waals surface area contributed by atoms with Gasteiger partial charge in [0.15, 0.2) is 5.82 Å². The number of hydrogen-bond donors (Lipinski definition) is 1. The molecule has 0 aliphatic carbocycles. The van der Waals surface area contributed by atoms with Crippen molar-refractivity contribution >= 4 is 15.9 Å². The van der Waals surface area contributed by atoms with Crippen LogP contribution in [0.2, 0.25) is 0 Å². The summed E-state index contributed by atoms with van der Waals surface area (Å²) in [6.45, 7) is -0.455. The van der Waals surface area contributed by atoms with E-state index in [-0.39, 0.29) is 16.2 Å². The lowest BCUT2D eigenvalue weighted by molar-refractivity contribution is 0.264. The molecule has 4 nitrogen and oxygen atoms in total. The highest BCUT2D eigenvalue weighted by atomic mass is 79.9. The molecule has 84 valence electrons. The Morgan fingerprint density at radius 3 is 2.44 bits per heavy atom. The van der Waals surface area contributed by atoms with E-state index in [1.165, 1.54) is 0 Å². The number of benzene rings is 1. The summed E-state index contributed by atoms with van der Waals surface area (Å²) in [6, 6.07) is 2.17. The van der Waals surface area contributed by atoms with Crippen molar-refractivity contribution in [3.63, 3.8) is 0 Å². The predicted molar refractivity (Wildman–Crippen MR) is 53.3 cm³/mol. The summed E-state index contributed by atoms with van der Waals surface area (Å²) < 4.78 is 31.8. The Kier molecular flexibility index (Phi) is 2.97. The van der Waals surface area contributed by atoms with E-state index < -0.39 is 23.8 Å². The van der Waals surface area contributed by atoms with Gasteiger partial charge >= 0.3 is 0 Å². The molecule has 0 radical (unpaired) electrons. The van der Waals surface area contributed by atoms with Crippen LogP contribution in [-0.4, -0.2) is 15.2 Å². The van der Waals surface area contributed by atoms with Crippen molar-refractivity contribution in [1.82, 2.24) is 10.1 Å². The van der Waals surface area contributed by atoms with Crippen LogP contribution < -0.4 is 0 Å². The number of aliphatic hydroxyl groups excluding tert-OH is 1. The lowest BCUT2D eigenvalue weighted by Crippen LogP contribution is -1.91. The highest BCUT2D eigenvalue weighted by Gasteiger charge is 2.18. The lowest BCUT2D eigenvalue weighted by atomic mass is 10.2. The zero-order valence-electron chi connectivity index (χ0n) is 7.75. The summed E-state index contributed by atoms with van der Waals surface area (Å²) in [5.74, 6) is -1.97. The smallest absolute Gasteiger partial charge is 0.263 e. The van der Waals surface area contributed by atoms with Crippen molar-refractivity contribution < 1.29 is 18.4 Å². The number of rotatable bonds is 2. The second kappa shape index (κ2) is 4.26. The van der Waals surface area contributed by atoms with Gasteiger partial charge in [0.25, 0.3) is 5.89 Å². The van der Waals surface area contributed by atoms with Crippen molar-refractivity contribution in [1.29, 1.82) is 0 Å². The van der Waals surface area contributed by atoms with Gasteiger partial charge in [-0.3, -0.25) is 0 Å². The van der Waals surface area contributed by atoms with Crippen molar-refractivity contribution in [2.75, 3.05) is 0 Å². The molecule has 0 fully saturated rings. The zero-order valence-corrected chi connectivity index (χ0v) is 9.33. The zero-order chi connectivity index (χ0) is 11.7. The molecular formula is C9H5BrF2N2O2. The molecule has 0 spiro atoms. The largest absolute Gasteiger partial charge is 0.388 e. The van der Waals surface area contributed by atoms with E-state index in [4.69, 9.17) is 5.11 Å². The van der Waals surface area contributed by atoms with Gasteiger partial charge in [0.2, 0.25) is 0 Å². The van der Waals surface area contributed by atoms with E-state index in [2.05, 4.69) is 30.6 Å². The Hall–Kier alpha value is -1.34. The van der Waals surface area contributed by atoms with Crippen molar-refractivity contribution in [2.45, 2.75) is 6.61 Å². The summed E-state index contributed by atoms with van der Waals surface area (Å²) in [4.78, 5) is 3.63. The van der Waals surface area contributed by atoms with Gasteiger partial charge in [-0.05, 0) is 12.1 Å². The monoisotopic (exact) mass is 290 g/mol. The minimum Gasteiger partial charge on any atom is -0.388 e. The third-order valence-corrected chi connectivity index (χ3v) is 2.29. The topological polar surface area (TPSA) is 59.2 Å². The van der Waals surface area contributed by atoms with E-state index in [1.54, 1.807) is 0 Å². The first-order chi connectivity index (χ1) is 7.61. The first kappa shape index (κ1) is 11.2. The van der Waals surface area contributed by atoms with Gasteiger partial charge in [-0.2, -0.15) is 4.98 Å². The average molecular weight is 291 g/mol. The van der Waals surface area contributed by atoms with Crippen LogP contribution in [-0.2, 0) is 6.61 Å². The second-order valence-electron chi connectivity index (χ2n) is 2.92. The predicted octanol–water partition coefficient (Wildman–Crippen LogP) is 2.27.